The van der Waals surface area contributed by atoms with Crippen molar-refractivity contribution in [1.29, 1.82) is 0 Å². The van der Waals surface area contributed by atoms with Crippen LogP contribution in [0.15, 0.2) is 59.7 Å². The zero-order chi connectivity index (χ0) is 18.6. The number of likely N-dealkylation sites (tertiary alicyclic amines) is 1. The second-order valence-electron chi connectivity index (χ2n) is 6.74. The van der Waals surface area contributed by atoms with Crippen molar-refractivity contribution in [2.75, 3.05) is 13.7 Å². The summed E-state index contributed by atoms with van der Waals surface area (Å²) in [5.74, 6) is 1.58. The van der Waals surface area contributed by atoms with Crippen molar-refractivity contribution in [3.8, 4) is 17.0 Å². The number of pyridine rings is 1. The highest BCUT2D eigenvalue weighted by atomic mass is 16.5. The van der Waals surface area contributed by atoms with Crippen molar-refractivity contribution < 1.29 is 4.74 Å². The van der Waals surface area contributed by atoms with E-state index < -0.39 is 0 Å². The number of rotatable bonds is 5. The smallest absolute Gasteiger partial charge is 0.251 e. The number of aromatic amines is 1. The van der Waals surface area contributed by atoms with Gasteiger partial charge in [-0.05, 0) is 49.2 Å². The summed E-state index contributed by atoms with van der Waals surface area (Å²) in [7, 11) is 1.68. The van der Waals surface area contributed by atoms with Crippen LogP contribution in [0.5, 0.6) is 5.75 Å². The van der Waals surface area contributed by atoms with E-state index >= 15 is 0 Å². The van der Waals surface area contributed by atoms with Crippen molar-refractivity contribution in [2.45, 2.75) is 25.4 Å². The highest BCUT2D eigenvalue weighted by Crippen LogP contribution is 2.32. The Morgan fingerprint density at radius 3 is 3.00 bits per heavy atom. The molecule has 27 heavy (non-hydrogen) atoms. The molecule has 3 heterocycles. The number of ether oxygens (including phenoxy) is 1. The van der Waals surface area contributed by atoms with Gasteiger partial charge >= 0.3 is 0 Å². The van der Waals surface area contributed by atoms with Crippen molar-refractivity contribution in [3.63, 3.8) is 0 Å². The molecule has 6 nitrogen and oxygen atoms in total. The molecule has 1 unspecified atom stereocenters. The van der Waals surface area contributed by atoms with Crippen LogP contribution in [0.3, 0.4) is 0 Å². The molecule has 1 aliphatic rings. The lowest BCUT2D eigenvalue weighted by molar-refractivity contribution is 0.239. The molecule has 1 aromatic carbocycles. The molecule has 2 aromatic heterocycles. The second-order valence-corrected chi connectivity index (χ2v) is 6.74. The Balaban J connectivity index is 1.62. The number of nitrogens with one attached hydrogen (secondary N) is 1. The maximum Gasteiger partial charge on any atom is 0.251 e. The maximum atomic E-state index is 12.2. The average molecular weight is 362 g/mol. The fourth-order valence-electron chi connectivity index (χ4n) is 3.63. The summed E-state index contributed by atoms with van der Waals surface area (Å²) in [6.45, 7) is 1.77. The summed E-state index contributed by atoms with van der Waals surface area (Å²) < 4.78 is 5.33. The second kappa shape index (κ2) is 7.72. The topological polar surface area (TPSA) is 71.1 Å². The zero-order valence-electron chi connectivity index (χ0n) is 15.3. The molecule has 0 bridgehead atoms. The van der Waals surface area contributed by atoms with Crippen molar-refractivity contribution in [3.05, 3.63) is 76.6 Å². The van der Waals surface area contributed by atoms with Gasteiger partial charge < -0.3 is 9.72 Å². The van der Waals surface area contributed by atoms with Crippen LogP contribution in [0, 0.1) is 0 Å². The molecular formula is C21H22N4O2. The molecular weight excluding hydrogens is 340 g/mol. The third-order valence-electron chi connectivity index (χ3n) is 4.92. The van der Waals surface area contributed by atoms with Crippen LogP contribution >= 0.6 is 0 Å². The average Bonchev–Trinajstić information content (AvgIpc) is 3.16. The monoisotopic (exact) mass is 362 g/mol. The minimum Gasteiger partial charge on any atom is -0.497 e. The molecule has 1 aliphatic heterocycles. The van der Waals surface area contributed by atoms with Gasteiger partial charge in [-0.15, -0.1) is 0 Å². The molecule has 1 atom stereocenters. The van der Waals surface area contributed by atoms with E-state index in [1.54, 1.807) is 19.5 Å². The number of hydrogen-bond acceptors (Lipinski definition) is 5. The van der Waals surface area contributed by atoms with Gasteiger partial charge in [0.1, 0.15) is 11.6 Å². The molecule has 3 aromatic rings. The quantitative estimate of drug-likeness (QED) is 0.755. The van der Waals surface area contributed by atoms with Crippen molar-refractivity contribution >= 4 is 0 Å². The first-order chi connectivity index (χ1) is 13.2. The van der Waals surface area contributed by atoms with Gasteiger partial charge in [0.25, 0.3) is 5.56 Å². The first kappa shape index (κ1) is 17.4. The van der Waals surface area contributed by atoms with E-state index in [0.717, 1.165) is 43.1 Å². The summed E-state index contributed by atoms with van der Waals surface area (Å²) in [4.78, 5) is 26.4. The third-order valence-corrected chi connectivity index (χ3v) is 4.92. The largest absolute Gasteiger partial charge is 0.497 e. The number of H-pyrrole nitrogens is 1. The van der Waals surface area contributed by atoms with E-state index in [9.17, 15) is 4.79 Å². The Morgan fingerprint density at radius 2 is 2.19 bits per heavy atom. The molecule has 1 N–H and O–H groups in total. The molecule has 1 saturated heterocycles. The van der Waals surface area contributed by atoms with Gasteiger partial charge in [-0.3, -0.25) is 14.7 Å². The Labute approximate surface area is 157 Å². The normalized spacial score (nSPS) is 17.1. The fraction of sp³-hybridized carbons (Fsp3) is 0.286. The molecule has 6 heteroatoms. The summed E-state index contributed by atoms with van der Waals surface area (Å²) in [5, 5.41) is 0. The Hall–Kier alpha value is -2.99. The Kier molecular flexibility index (Phi) is 4.98. The highest BCUT2D eigenvalue weighted by molar-refractivity contribution is 5.56. The lowest BCUT2D eigenvalue weighted by Crippen LogP contribution is -2.26. The minimum absolute atomic E-state index is 0.0977. The Bertz CT molecular complexity index is 971. The molecule has 0 aliphatic carbocycles. The predicted octanol–water partition coefficient (Wildman–Crippen LogP) is 3.18. The third kappa shape index (κ3) is 3.90. The molecule has 0 saturated carbocycles. The number of hydrogen-bond donors (Lipinski definition) is 1. The van der Waals surface area contributed by atoms with E-state index in [1.807, 2.05) is 24.3 Å². The number of benzene rings is 1. The van der Waals surface area contributed by atoms with Crippen molar-refractivity contribution in [2.24, 2.45) is 0 Å². The number of aromatic nitrogens is 3. The van der Waals surface area contributed by atoms with Crippen LogP contribution in [-0.4, -0.2) is 33.5 Å². The molecule has 138 valence electrons. The van der Waals surface area contributed by atoms with E-state index in [4.69, 9.17) is 9.72 Å². The van der Waals surface area contributed by atoms with Crippen LogP contribution in [-0.2, 0) is 6.54 Å². The molecule has 0 radical (unpaired) electrons. The van der Waals surface area contributed by atoms with E-state index in [0.29, 0.717) is 5.69 Å². The number of methoxy groups -OCH3 is 1. The SMILES string of the molecule is COc1cccc(CN2CCCC2c2nc(-c3cccnc3)cc(=O)[nH]2)c1. The van der Waals surface area contributed by atoms with Gasteiger partial charge in [0.05, 0.1) is 18.8 Å². The van der Waals surface area contributed by atoms with Gasteiger partial charge in [-0.25, -0.2) is 4.98 Å². The number of nitrogens with zero attached hydrogens (tertiary/aromatic N) is 3. The molecule has 4 rings (SSSR count). The summed E-state index contributed by atoms with van der Waals surface area (Å²) >= 11 is 0. The van der Waals surface area contributed by atoms with E-state index in [-0.39, 0.29) is 11.6 Å². The highest BCUT2D eigenvalue weighted by Gasteiger charge is 2.28. The molecule has 0 spiro atoms. The van der Waals surface area contributed by atoms with Gasteiger partial charge in [0, 0.05) is 30.6 Å². The predicted molar refractivity (Wildman–Crippen MR) is 103 cm³/mol. The maximum absolute atomic E-state index is 12.2. The van der Waals surface area contributed by atoms with E-state index in [1.165, 1.54) is 11.6 Å². The first-order valence-corrected chi connectivity index (χ1v) is 9.11. The summed E-state index contributed by atoms with van der Waals surface area (Å²) in [5.41, 5.74) is 2.57. The van der Waals surface area contributed by atoms with Gasteiger partial charge in [-0.2, -0.15) is 0 Å². The lowest BCUT2D eigenvalue weighted by Gasteiger charge is -2.24. The minimum atomic E-state index is -0.132. The van der Waals surface area contributed by atoms with Crippen LogP contribution in [0.1, 0.15) is 30.3 Å². The fourth-order valence-corrected chi connectivity index (χ4v) is 3.63. The van der Waals surface area contributed by atoms with Gasteiger partial charge in [0.2, 0.25) is 0 Å². The first-order valence-electron chi connectivity index (χ1n) is 9.11. The Morgan fingerprint density at radius 1 is 1.26 bits per heavy atom. The molecule has 0 amide bonds. The van der Waals surface area contributed by atoms with Gasteiger partial charge in [0.15, 0.2) is 0 Å². The standard InChI is InChI=1S/C21H22N4O2/c1-27-17-7-2-5-15(11-17)14-25-10-4-8-19(25)21-23-18(12-20(26)24-21)16-6-3-9-22-13-16/h2-3,5-7,9,11-13,19H,4,8,10,14H2,1H3,(H,23,24,26). The zero-order valence-corrected chi connectivity index (χ0v) is 15.3. The van der Waals surface area contributed by atoms with Crippen LogP contribution in [0.4, 0.5) is 0 Å². The van der Waals surface area contributed by atoms with Crippen molar-refractivity contribution in [1.82, 2.24) is 19.9 Å². The van der Waals surface area contributed by atoms with Crippen LogP contribution in [0.2, 0.25) is 0 Å². The van der Waals surface area contributed by atoms with Crippen LogP contribution in [0.25, 0.3) is 11.3 Å². The van der Waals surface area contributed by atoms with E-state index in [2.05, 4.69) is 27.0 Å². The summed E-state index contributed by atoms with van der Waals surface area (Å²) in [6.07, 6.45) is 5.50. The van der Waals surface area contributed by atoms with Gasteiger partial charge in [-0.1, -0.05) is 12.1 Å². The lowest BCUT2D eigenvalue weighted by atomic mass is 10.1. The van der Waals surface area contributed by atoms with Crippen LogP contribution < -0.4 is 10.3 Å². The molecule has 1 fully saturated rings. The summed E-state index contributed by atoms with van der Waals surface area (Å²) in [6, 6.07) is 13.5.